The average molecular weight is 634 g/mol. The number of carbonyl (C=O) groups is 2. The smallest absolute Gasteiger partial charge is 0.364 e. The molecule has 3 aliphatic heterocycles. The van der Waals surface area contributed by atoms with Gasteiger partial charge in [0.15, 0.2) is 12.6 Å². The lowest BCUT2D eigenvalue weighted by molar-refractivity contribution is -0.364. The molecule has 250 valence electrons. The quantitative estimate of drug-likeness (QED) is 0.100. The van der Waals surface area contributed by atoms with Crippen molar-refractivity contribution >= 4 is 11.9 Å². The number of nitrogens with one attached hydrogen (secondary N) is 1. The Morgan fingerprint density at radius 3 is 2.14 bits per heavy atom. The zero-order valence-corrected chi connectivity index (χ0v) is 22.7. The van der Waals surface area contributed by atoms with Gasteiger partial charge in [0.05, 0.1) is 32.0 Å². The molecule has 20 nitrogen and oxygen atoms in total. The Morgan fingerprint density at radius 2 is 1.58 bits per heavy atom. The van der Waals surface area contributed by atoms with Gasteiger partial charge < -0.3 is 90.3 Å². The van der Waals surface area contributed by atoms with Crippen LogP contribution < -0.4 is 5.32 Å². The molecule has 0 aromatic rings. The molecule has 16 atom stereocenters. The number of aliphatic hydroxyl groups excluding tert-OH is 11. The average Bonchev–Trinajstić information content (AvgIpc) is 2.96. The van der Waals surface area contributed by atoms with E-state index in [1.165, 1.54) is 0 Å². The van der Waals surface area contributed by atoms with Gasteiger partial charge in [-0.1, -0.05) is 0 Å². The lowest BCUT2D eigenvalue weighted by Crippen LogP contribution is -2.68. The summed E-state index contributed by atoms with van der Waals surface area (Å²) < 4.78 is 26.7. The summed E-state index contributed by atoms with van der Waals surface area (Å²) >= 11 is 0. The van der Waals surface area contributed by atoms with Crippen molar-refractivity contribution in [3.63, 3.8) is 0 Å². The second-order valence-corrected chi connectivity index (χ2v) is 10.5. The van der Waals surface area contributed by atoms with Gasteiger partial charge in [-0.15, -0.1) is 0 Å². The van der Waals surface area contributed by atoms with Crippen LogP contribution in [0.5, 0.6) is 0 Å². The van der Waals surface area contributed by atoms with E-state index in [-0.39, 0.29) is 0 Å². The van der Waals surface area contributed by atoms with Crippen molar-refractivity contribution in [3.05, 3.63) is 0 Å². The van der Waals surface area contributed by atoms with E-state index in [1.807, 2.05) is 0 Å². The summed E-state index contributed by atoms with van der Waals surface area (Å²) in [7, 11) is 0. The standard InChI is InChI=1S/C23H39NO19/c1-6(27)24-11-7(28)2-23(22(37)38,43-19(11)12(30)8(29)3-25)39-5-10-13(31)14(32)17(35)21(41-10)42-18-9(4-26)40-20(36)16(34)15(18)33/h7-21,25-26,28-36H,2-5H2,1H3,(H,24,27)(H,37,38)/t7-,8?,9+,10+,11+,12?,13-,14-,15+,16+,17+,18+,19+,20?,21-,23+/m0/s1. The van der Waals surface area contributed by atoms with Crippen LogP contribution in [0.2, 0.25) is 0 Å². The van der Waals surface area contributed by atoms with E-state index in [2.05, 4.69) is 5.32 Å². The number of carboxylic acids is 1. The molecule has 3 fully saturated rings. The van der Waals surface area contributed by atoms with Crippen LogP contribution in [0, 0.1) is 0 Å². The van der Waals surface area contributed by atoms with E-state index >= 15 is 0 Å². The molecule has 0 bridgehead atoms. The number of rotatable bonds is 11. The lowest BCUT2D eigenvalue weighted by Gasteiger charge is -2.48. The number of aliphatic carboxylic acids is 1. The van der Waals surface area contributed by atoms with Crippen molar-refractivity contribution in [2.45, 2.75) is 111 Å². The first-order valence-corrected chi connectivity index (χ1v) is 13.2. The van der Waals surface area contributed by atoms with Gasteiger partial charge in [0, 0.05) is 13.3 Å². The number of carboxylic acid groups (broad SMARTS) is 1. The molecule has 0 saturated carbocycles. The maximum atomic E-state index is 12.3. The summed E-state index contributed by atoms with van der Waals surface area (Å²) in [6.45, 7) is -1.76. The van der Waals surface area contributed by atoms with Crippen LogP contribution in [0.15, 0.2) is 0 Å². The molecule has 3 rings (SSSR count). The number of hydrogen-bond acceptors (Lipinski definition) is 18. The second kappa shape index (κ2) is 14.6. The van der Waals surface area contributed by atoms with Crippen molar-refractivity contribution in [1.29, 1.82) is 0 Å². The first-order chi connectivity index (χ1) is 20.1. The summed E-state index contributed by atoms with van der Waals surface area (Å²) in [6, 6.07) is -1.48. The molecule has 13 N–H and O–H groups in total. The minimum atomic E-state index is -2.83. The maximum Gasteiger partial charge on any atom is 0.364 e. The van der Waals surface area contributed by atoms with Crippen molar-refractivity contribution in [1.82, 2.24) is 5.32 Å². The van der Waals surface area contributed by atoms with Crippen LogP contribution in [0.4, 0.5) is 0 Å². The first-order valence-electron chi connectivity index (χ1n) is 13.2. The molecule has 0 aliphatic carbocycles. The van der Waals surface area contributed by atoms with E-state index in [1.54, 1.807) is 0 Å². The molecule has 0 aromatic heterocycles. The van der Waals surface area contributed by atoms with Crippen LogP contribution in [0.3, 0.4) is 0 Å². The molecule has 3 unspecified atom stereocenters. The SMILES string of the molecule is CC(=O)N[C@@H]1[C@@H](O)C[C@](OC[C@H]2O[C@@H](O[C@H]3[C@H](O)[C@@H](O)C(O)O[C@@H]3CO)[C@H](O)[C@@H](O)[C@H]2O)(C(=O)O)O[C@H]1C(O)C(O)CO. The number of ether oxygens (including phenoxy) is 5. The number of carbonyl (C=O) groups excluding carboxylic acids is 1. The fourth-order valence-corrected chi connectivity index (χ4v) is 5.05. The summed E-state index contributed by atoms with van der Waals surface area (Å²) in [5, 5.41) is 123. The second-order valence-electron chi connectivity index (χ2n) is 10.5. The number of amides is 1. The zero-order valence-electron chi connectivity index (χ0n) is 22.7. The van der Waals surface area contributed by atoms with Gasteiger partial charge in [-0.25, -0.2) is 4.79 Å². The number of hydrogen-bond donors (Lipinski definition) is 13. The van der Waals surface area contributed by atoms with E-state index in [0.29, 0.717) is 0 Å². The topological polar surface area (TPSA) is 335 Å². The van der Waals surface area contributed by atoms with Gasteiger partial charge in [0.25, 0.3) is 5.79 Å². The summed E-state index contributed by atoms with van der Waals surface area (Å²) in [5.41, 5.74) is 0. The Balaban J connectivity index is 1.82. The van der Waals surface area contributed by atoms with Crippen molar-refractivity contribution in [2.24, 2.45) is 0 Å². The molecule has 0 radical (unpaired) electrons. The fraction of sp³-hybridized carbons (Fsp3) is 0.913. The third-order valence-corrected chi connectivity index (χ3v) is 7.47. The predicted molar refractivity (Wildman–Crippen MR) is 130 cm³/mol. The van der Waals surface area contributed by atoms with Gasteiger partial charge >= 0.3 is 5.97 Å². The first kappa shape index (κ1) is 35.8. The molecule has 43 heavy (non-hydrogen) atoms. The largest absolute Gasteiger partial charge is 0.477 e. The third kappa shape index (κ3) is 7.58. The molecular formula is C23H39NO19. The fourth-order valence-electron chi connectivity index (χ4n) is 5.05. The van der Waals surface area contributed by atoms with Gasteiger partial charge in [-0.2, -0.15) is 0 Å². The minimum absolute atomic E-state index is 0.719. The maximum absolute atomic E-state index is 12.3. The highest BCUT2D eigenvalue weighted by molar-refractivity contribution is 5.76. The van der Waals surface area contributed by atoms with Crippen LogP contribution in [0.1, 0.15) is 13.3 Å². The highest BCUT2D eigenvalue weighted by Crippen LogP contribution is 2.35. The Hall–Kier alpha value is -1.70. The van der Waals surface area contributed by atoms with Crippen LogP contribution in [-0.4, -0.2) is 191 Å². The molecule has 0 spiro atoms. The van der Waals surface area contributed by atoms with Crippen LogP contribution in [-0.2, 0) is 33.3 Å². The molecule has 20 heteroatoms. The van der Waals surface area contributed by atoms with Gasteiger partial charge in [0.2, 0.25) is 5.91 Å². The molecule has 3 aliphatic rings. The van der Waals surface area contributed by atoms with Crippen molar-refractivity contribution in [3.8, 4) is 0 Å². The molecular weight excluding hydrogens is 594 g/mol. The van der Waals surface area contributed by atoms with E-state index < -0.39 is 136 Å². The van der Waals surface area contributed by atoms with E-state index in [9.17, 15) is 70.9 Å². The van der Waals surface area contributed by atoms with Crippen molar-refractivity contribution in [2.75, 3.05) is 19.8 Å². The van der Waals surface area contributed by atoms with Crippen LogP contribution in [0.25, 0.3) is 0 Å². The van der Waals surface area contributed by atoms with Gasteiger partial charge in [-0.05, 0) is 0 Å². The lowest BCUT2D eigenvalue weighted by atomic mass is 9.88. The third-order valence-electron chi connectivity index (χ3n) is 7.47. The minimum Gasteiger partial charge on any atom is -0.477 e. The predicted octanol–water partition coefficient (Wildman–Crippen LogP) is -8.22. The summed E-state index contributed by atoms with van der Waals surface area (Å²) in [4.78, 5) is 24.0. The normalized spacial score (nSPS) is 45.3. The van der Waals surface area contributed by atoms with Crippen LogP contribution >= 0.6 is 0 Å². The molecule has 3 heterocycles. The molecule has 1 amide bonds. The Morgan fingerprint density at radius 1 is 0.930 bits per heavy atom. The van der Waals surface area contributed by atoms with Gasteiger partial charge in [-0.3, -0.25) is 4.79 Å². The van der Waals surface area contributed by atoms with Gasteiger partial charge in [0.1, 0.15) is 67.1 Å². The Kier molecular flexibility index (Phi) is 12.1. The molecule has 3 saturated heterocycles. The summed E-state index contributed by atoms with van der Waals surface area (Å²) in [5.74, 6) is -5.42. The summed E-state index contributed by atoms with van der Waals surface area (Å²) in [6.07, 6.45) is -27.0. The van der Waals surface area contributed by atoms with E-state index in [0.717, 1.165) is 6.92 Å². The highest BCUT2D eigenvalue weighted by atomic mass is 16.8. The Bertz CT molecular complexity index is 942. The van der Waals surface area contributed by atoms with E-state index in [4.69, 9.17) is 23.7 Å². The molecule has 0 aromatic carbocycles. The highest BCUT2D eigenvalue weighted by Gasteiger charge is 2.57. The monoisotopic (exact) mass is 633 g/mol. The Labute approximate surface area is 243 Å². The number of aliphatic hydroxyl groups is 11. The zero-order chi connectivity index (χ0) is 32.4. The van der Waals surface area contributed by atoms with Crippen molar-refractivity contribution < 1.29 is 94.6 Å².